The molecule has 2 rings (SSSR count). The number of sulfonamides is 1. The first-order valence-corrected chi connectivity index (χ1v) is 13.7. The third-order valence-corrected chi connectivity index (χ3v) is 7.82. The SMILES string of the molecule is CC[C@@H](C(=O)NCCSCc1ccc(Cl)c(Cl)c1)N(c1ccc(C)c(C)c1)S(C)(=O)=O. The van der Waals surface area contributed by atoms with Crippen LogP contribution in [0.15, 0.2) is 36.4 Å². The standard InChI is InChI=1S/C22H28Cl2N2O3S2/c1-5-21(26(31(4,28)29)18-8-6-15(2)16(3)12-18)22(27)25-10-11-30-14-17-7-9-19(23)20(24)13-17/h6-9,12-13,21H,5,10-11,14H2,1-4H3,(H,25,27)/t21-/m0/s1. The monoisotopic (exact) mass is 502 g/mol. The van der Waals surface area contributed by atoms with E-state index >= 15 is 0 Å². The van der Waals surface area contributed by atoms with Gasteiger partial charge in [0.1, 0.15) is 6.04 Å². The molecular weight excluding hydrogens is 475 g/mol. The third-order valence-electron chi connectivity index (χ3n) is 4.87. The number of nitrogens with one attached hydrogen (secondary N) is 1. The van der Waals surface area contributed by atoms with E-state index in [4.69, 9.17) is 23.2 Å². The second-order valence-corrected chi connectivity index (χ2v) is 11.1. The minimum absolute atomic E-state index is 0.304. The van der Waals surface area contributed by atoms with Crippen LogP contribution in [0.25, 0.3) is 0 Å². The predicted octanol–water partition coefficient (Wildman–Crippen LogP) is 5.20. The van der Waals surface area contributed by atoms with Gasteiger partial charge < -0.3 is 5.32 Å². The van der Waals surface area contributed by atoms with Crippen molar-refractivity contribution in [3.05, 3.63) is 63.1 Å². The van der Waals surface area contributed by atoms with E-state index in [0.717, 1.165) is 28.7 Å². The minimum Gasteiger partial charge on any atom is -0.353 e. The molecule has 170 valence electrons. The molecule has 0 aliphatic rings. The average molecular weight is 504 g/mol. The number of amides is 1. The van der Waals surface area contributed by atoms with E-state index in [1.165, 1.54) is 4.31 Å². The van der Waals surface area contributed by atoms with Crippen LogP contribution in [-0.2, 0) is 20.6 Å². The van der Waals surface area contributed by atoms with Gasteiger partial charge in [-0.25, -0.2) is 8.42 Å². The summed E-state index contributed by atoms with van der Waals surface area (Å²) in [6.45, 7) is 6.13. The number of benzene rings is 2. The molecule has 2 aromatic carbocycles. The quantitative estimate of drug-likeness (QED) is 0.453. The zero-order valence-corrected chi connectivity index (χ0v) is 21.3. The Morgan fingerprint density at radius 1 is 1.10 bits per heavy atom. The van der Waals surface area contributed by atoms with Crippen LogP contribution in [0.3, 0.4) is 0 Å². The fourth-order valence-electron chi connectivity index (χ4n) is 3.11. The molecule has 0 aliphatic carbocycles. The number of thioether (sulfide) groups is 1. The molecule has 1 atom stereocenters. The van der Waals surface area contributed by atoms with E-state index in [1.54, 1.807) is 30.0 Å². The zero-order chi connectivity index (χ0) is 23.2. The van der Waals surface area contributed by atoms with E-state index in [9.17, 15) is 13.2 Å². The molecule has 0 aliphatic heterocycles. The fraction of sp³-hybridized carbons (Fsp3) is 0.409. The lowest BCUT2D eigenvalue weighted by molar-refractivity contribution is -0.122. The van der Waals surface area contributed by atoms with Gasteiger partial charge >= 0.3 is 0 Å². The highest BCUT2D eigenvalue weighted by atomic mass is 35.5. The van der Waals surface area contributed by atoms with Crippen molar-refractivity contribution < 1.29 is 13.2 Å². The lowest BCUT2D eigenvalue weighted by Gasteiger charge is -2.30. The highest BCUT2D eigenvalue weighted by Crippen LogP contribution is 2.26. The second-order valence-electron chi connectivity index (χ2n) is 7.34. The van der Waals surface area contributed by atoms with Gasteiger partial charge in [-0.05, 0) is 61.2 Å². The Kier molecular flexibility index (Phi) is 9.55. The first-order chi connectivity index (χ1) is 14.5. The molecule has 0 heterocycles. The lowest BCUT2D eigenvalue weighted by Crippen LogP contribution is -2.49. The van der Waals surface area contributed by atoms with Gasteiger partial charge in [0.15, 0.2) is 0 Å². The van der Waals surface area contributed by atoms with Crippen molar-refractivity contribution in [2.24, 2.45) is 0 Å². The Balaban J connectivity index is 1.99. The average Bonchev–Trinajstić information content (AvgIpc) is 2.69. The smallest absolute Gasteiger partial charge is 0.243 e. The van der Waals surface area contributed by atoms with E-state index in [2.05, 4.69) is 5.32 Å². The lowest BCUT2D eigenvalue weighted by atomic mass is 10.1. The predicted molar refractivity (Wildman–Crippen MR) is 133 cm³/mol. The molecule has 2 aromatic rings. The second kappa shape index (κ2) is 11.5. The summed E-state index contributed by atoms with van der Waals surface area (Å²) in [4.78, 5) is 12.8. The van der Waals surface area contributed by atoms with Crippen LogP contribution in [0.1, 0.15) is 30.0 Å². The number of rotatable bonds is 10. The molecule has 0 aromatic heterocycles. The summed E-state index contributed by atoms with van der Waals surface area (Å²) in [6, 6.07) is 10.1. The molecule has 31 heavy (non-hydrogen) atoms. The number of aryl methyl sites for hydroxylation is 2. The summed E-state index contributed by atoms with van der Waals surface area (Å²) in [5.74, 6) is 1.12. The number of carbonyl (C=O) groups excluding carboxylic acids is 1. The number of nitrogens with zero attached hydrogens (tertiary/aromatic N) is 1. The Bertz CT molecular complexity index is 1030. The van der Waals surface area contributed by atoms with Gasteiger partial charge in [-0.15, -0.1) is 0 Å². The van der Waals surface area contributed by atoms with Crippen molar-refractivity contribution in [2.45, 2.75) is 39.0 Å². The van der Waals surface area contributed by atoms with Crippen LogP contribution in [-0.4, -0.2) is 38.9 Å². The Labute approximate surface area is 199 Å². The molecule has 0 radical (unpaired) electrons. The van der Waals surface area contributed by atoms with Crippen LogP contribution in [0, 0.1) is 13.8 Å². The molecular formula is C22H28Cl2N2O3S2. The van der Waals surface area contributed by atoms with Gasteiger partial charge in [0.2, 0.25) is 15.9 Å². The molecule has 0 bridgehead atoms. The van der Waals surface area contributed by atoms with Crippen LogP contribution in [0.4, 0.5) is 5.69 Å². The van der Waals surface area contributed by atoms with Crippen LogP contribution >= 0.6 is 35.0 Å². The molecule has 0 spiro atoms. The molecule has 0 saturated heterocycles. The van der Waals surface area contributed by atoms with E-state index in [1.807, 2.05) is 39.0 Å². The fourth-order valence-corrected chi connectivity index (χ4v) is 5.44. The Morgan fingerprint density at radius 3 is 2.39 bits per heavy atom. The summed E-state index contributed by atoms with van der Waals surface area (Å²) in [6.07, 6.45) is 1.49. The largest absolute Gasteiger partial charge is 0.353 e. The van der Waals surface area contributed by atoms with E-state index in [0.29, 0.717) is 34.5 Å². The maximum Gasteiger partial charge on any atom is 0.243 e. The highest BCUT2D eigenvalue weighted by molar-refractivity contribution is 7.98. The summed E-state index contributed by atoms with van der Waals surface area (Å²) in [5.41, 5.74) is 3.59. The molecule has 9 heteroatoms. The van der Waals surface area contributed by atoms with Gasteiger partial charge in [-0.2, -0.15) is 11.8 Å². The summed E-state index contributed by atoms with van der Waals surface area (Å²) in [7, 11) is -3.64. The molecule has 0 fully saturated rings. The summed E-state index contributed by atoms with van der Waals surface area (Å²) < 4.78 is 26.3. The topological polar surface area (TPSA) is 66.5 Å². The number of carbonyl (C=O) groups is 1. The first-order valence-electron chi connectivity index (χ1n) is 9.90. The molecule has 0 saturated carbocycles. The molecule has 1 N–H and O–H groups in total. The van der Waals surface area contributed by atoms with Gasteiger partial charge in [0.05, 0.1) is 22.0 Å². The number of hydrogen-bond acceptors (Lipinski definition) is 4. The molecule has 1 amide bonds. The Morgan fingerprint density at radius 2 is 1.81 bits per heavy atom. The first kappa shape index (κ1) is 25.8. The normalized spacial score (nSPS) is 12.5. The van der Waals surface area contributed by atoms with Crippen molar-refractivity contribution in [3.8, 4) is 0 Å². The van der Waals surface area contributed by atoms with Gasteiger partial charge in [0.25, 0.3) is 0 Å². The van der Waals surface area contributed by atoms with Gasteiger partial charge in [0, 0.05) is 18.1 Å². The van der Waals surface area contributed by atoms with Crippen molar-refractivity contribution in [1.29, 1.82) is 0 Å². The summed E-state index contributed by atoms with van der Waals surface area (Å²) in [5, 5.41) is 3.92. The zero-order valence-electron chi connectivity index (χ0n) is 18.1. The maximum absolute atomic E-state index is 12.8. The third kappa shape index (κ3) is 7.31. The number of anilines is 1. The minimum atomic E-state index is -3.64. The van der Waals surface area contributed by atoms with Crippen molar-refractivity contribution in [3.63, 3.8) is 0 Å². The Hall–Kier alpha value is -1.41. The van der Waals surface area contributed by atoms with Gasteiger partial charge in [-0.3, -0.25) is 9.10 Å². The molecule has 5 nitrogen and oxygen atoms in total. The summed E-state index contributed by atoms with van der Waals surface area (Å²) >= 11 is 13.6. The van der Waals surface area contributed by atoms with Crippen molar-refractivity contribution in [2.75, 3.05) is 22.9 Å². The number of hydrogen-bond donors (Lipinski definition) is 1. The maximum atomic E-state index is 12.8. The van der Waals surface area contributed by atoms with E-state index < -0.39 is 16.1 Å². The van der Waals surface area contributed by atoms with Crippen LogP contribution in [0.5, 0.6) is 0 Å². The van der Waals surface area contributed by atoms with E-state index in [-0.39, 0.29) is 5.91 Å². The van der Waals surface area contributed by atoms with Gasteiger partial charge in [-0.1, -0.05) is 42.3 Å². The highest BCUT2D eigenvalue weighted by Gasteiger charge is 2.31. The molecule has 0 unspecified atom stereocenters. The number of halogens is 2. The van der Waals surface area contributed by atoms with Crippen molar-refractivity contribution in [1.82, 2.24) is 5.32 Å². The van der Waals surface area contributed by atoms with Crippen LogP contribution < -0.4 is 9.62 Å². The van der Waals surface area contributed by atoms with Crippen LogP contribution in [0.2, 0.25) is 10.0 Å². The van der Waals surface area contributed by atoms with Crippen molar-refractivity contribution >= 4 is 56.6 Å².